The lowest BCUT2D eigenvalue weighted by atomic mass is 10.0. The molecule has 7 heteroatoms. The molecule has 1 fully saturated rings. The normalized spacial score (nSPS) is 18.2. The van der Waals surface area contributed by atoms with Crippen molar-refractivity contribution in [1.82, 2.24) is 14.3 Å². The van der Waals surface area contributed by atoms with E-state index in [4.69, 9.17) is 16.3 Å². The number of fused-ring (bicyclic) bond motifs is 1. The van der Waals surface area contributed by atoms with Gasteiger partial charge in [-0.05, 0) is 37.5 Å². The number of ether oxygens (including phenoxy) is 1. The van der Waals surface area contributed by atoms with E-state index in [2.05, 4.69) is 4.98 Å². The Morgan fingerprint density at radius 3 is 3.00 bits per heavy atom. The summed E-state index contributed by atoms with van der Waals surface area (Å²) in [6, 6.07) is 5.05. The lowest BCUT2D eigenvalue weighted by molar-refractivity contribution is -0.153. The number of carbonyl (C=O) groups excluding carboxylic acids is 2. The molecule has 0 saturated carbocycles. The molecule has 0 aromatic carbocycles. The minimum atomic E-state index is -0.515. The SMILES string of the molecule is COC(=O)C1CCCCN1C(=O)/C=C/c1c(Cl)nc2ccccn12. The maximum Gasteiger partial charge on any atom is 0.328 e. The van der Waals surface area contributed by atoms with Gasteiger partial charge in [-0.3, -0.25) is 9.20 Å². The summed E-state index contributed by atoms with van der Waals surface area (Å²) < 4.78 is 6.61. The molecule has 3 heterocycles. The van der Waals surface area contributed by atoms with Crippen LogP contribution < -0.4 is 0 Å². The molecule has 1 saturated heterocycles. The van der Waals surface area contributed by atoms with Crippen molar-refractivity contribution < 1.29 is 14.3 Å². The zero-order chi connectivity index (χ0) is 17.1. The van der Waals surface area contributed by atoms with Gasteiger partial charge in [0.1, 0.15) is 11.7 Å². The summed E-state index contributed by atoms with van der Waals surface area (Å²) in [5.74, 6) is -0.601. The molecule has 1 atom stereocenters. The number of halogens is 1. The minimum absolute atomic E-state index is 0.230. The first-order chi connectivity index (χ1) is 11.6. The van der Waals surface area contributed by atoms with Gasteiger partial charge in [0.25, 0.3) is 0 Å². The summed E-state index contributed by atoms with van der Waals surface area (Å²) >= 11 is 6.16. The number of esters is 1. The molecule has 2 aromatic rings. The second-order valence-electron chi connectivity index (χ2n) is 5.62. The first kappa shape index (κ1) is 16.5. The van der Waals surface area contributed by atoms with Crippen molar-refractivity contribution in [3.05, 3.63) is 41.3 Å². The number of imidazole rings is 1. The number of amides is 1. The van der Waals surface area contributed by atoms with Crippen LogP contribution in [0, 0.1) is 0 Å². The van der Waals surface area contributed by atoms with E-state index in [0.717, 1.165) is 12.8 Å². The van der Waals surface area contributed by atoms with E-state index >= 15 is 0 Å². The zero-order valence-electron chi connectivity index (χ0n) is 13.3. The Morgan fingerprint density at radius 1 is 1.38 bits per heavy atom. The van der Waals surface area contributed by atoms with Crippen molar-refractivity contribution in [1.29, 1.82) is 0 Å². The number of carbonyl (C=O) groups is 2. The first-order valence-corrected chi connectivity index (χ1v) is 8.18. The summed E-state index contributed by atoms with van der Waals surface area (Å²) in [5.41, 5.74) is 1.34. The fourth-order valence-electron chi connectivity index (χ4n) is 2.96. The average Bonchev–Trinajstić information content (AvgIpc) is 2.94. The Balaban J connectivity index is 1.83. The van der Waals surface area contributed by atoms with Crippen LogP contribution in [0.3, 0.4) is 0 Å². The van der Waals surface area contributed by atoms with Gasteiger partial charge in [-0.1, -0.05) is 17.7 Å². The molecule has 0 aliphatic carbocycles. The number of methoxy groups -OCH3 is 1. The van der Waals surface area contributed by atoms with Crippen LogP contribution in [0.4, 0.5) is 0 Å². The van der Waals surface area contributed by atoms with Crippen LogP contribution in [-0.2, 0) is 14.3 Å². The van der Waals surface area contributed by atoms with Gasteiger partial charge in [-0.2, -0.15) is 0 Å². The standard InChI is InChI=1S/C17H18ClN3O3/c1-24-17(23)13-6-2-4-11-21(13)15(22)9-8-12-16(18)19-14-7-3-5-10-20(12)14/h3,5,7-10,13H,2,4,6,11H2,1H3/b9-8+. The van der Waals surface area contributed by atoms with E-state index in [1.54, 1.807) is 15.4 Å². The van der Waals surface area contributed by atoms with Gasteiger partial charge in [0.2, 0.25) is 5.91 Å². The van der Waals surface area contributed by atoms with Crippen LogP contribution in [0.1, 0.15) is 25.0 Å². The second-order valence-corrected chi connectivity index (χ2v) is 5.97. The smallest absolute Gasteiger partial charge is 0.328 e. The molecule has 126 valence electrons. The second kappa shape index (κ2) is 7.05. The van der Waals surface area contributed by atoms with E-state index in [1.807, 2.05) is 24.4 Å². The van der Waals surface area contributed by atoms with Crippen LogP contribution >= 0.6 is 11.6 Å². The van der Waals surface area contributed by atoms with Crippen molar-refractivity contribution in [3.63, 3.8) is 0 Å². The van der Waals surface area contributed by atoms with E-state index in [1.165, 1.54) is 13.2 Å². The van der Waals surface area contributed by atoms with Gasteiger partial charge in [0.15, 0.2) is 5.15 Å². The highest BCUT2D eigenvalue weighted by atomic mass is 35.5. The molecular formula is C17H18ClN3O3. The summed E-state index contributed by atoms with van der Waals surface area (Å²) in [6.45, 7) is 0.545. The average molecular weight is 348 g/mol. The lowest BCUT2D eigenvalue weighted by Crippen LogP contribution is -2.47. The third-order valence-electron chi connectivity index (χ3n) is 4.16. The summed E-state index contributed by atoms with van der Waals surface area (Å²) in [6.07, 6.45) is 7.31. The highest BCUT2D eigenvalue weighted by molar-refractivity contribution is 6.31. The number of piperidine rings is 1. The Morgan fingerprint density at radius 2 is 2.21 bits per heavy atom. The molecule has 0 N–H and O–H groups in total. The maximum absolute atomic E-state index is 12.5. The molecule has 0 bridgehead atoms. The molecule has 1 amide bonds. The third kappa shape index (κ3) is 3.14. The number of likely N-dealkylation sites (tertiary alicyclic amines) is 1. The van der Waals surface area contributed by atoms with Gasteiger partial charge >= 0.3 is 5.97 Å². The number of nitrogens with zero attached hydrogens (tertiary/aromatic N) is 3. The molecular weight excluding hydrogens is 330 g/mol. The van der Waals surface area contributed by atoms with Crippen molar-refractivity contribution in [2.24, 2.45) is 0 Å². The van der Waals surface area contributed by atoms with Crippen molar-refractivity contribution in [2.75, 3.05) is 13.7 Å². The molecule has 6 nitrogen and oxygen atoms in total. The molecule has 0 radical (unpaired) electrons. The van der Waals surface area contributed by atoms with Crippen molar-refractivity contribution >= 4 is 35.2 Å². The zero-order valence-corrected chi connectivity index (χ0v) is 14.1. The van der Waals surface area contributed by atoms with Crippen LogP contribution in [0.25, 0.3) is 11.7 Å². The third-order valence-corrected chi connectivity index (χ3v) is 4.44. The van der Waals surface area contributed by atoms with Gasteiger partial charge < -0.3 is 9.64 Å². The summed E-state index contributed by atoms with van der Waals surface area (Å²) in [7, 11) is 1.34. The molecule has 1 aliphatic rings. The van der Waals surface area contributed by atoms with Gasteiger partial charge in [-0.25, -0.2) is 9.78 Å². The van der Waals surface area contributed by atoms with Crippen LogP contribution in [-0.4, -0.2) is 45.9 Å². The van der Waals surface area contributed by atoms with Crippen LogP contribution in [0.2, 0.25) is 5.15 Å². The van der Waals surface area contributed by atoms with Crippen LogP contribution in [0.5, 0.6) is 0 Å². The molecule has 0 spiro atoms. The predicted octanol–water partition coefficient (Wildman–Crippen LogP) is 2.56. The maximum atomic E-state index is 12.5. The Kier molecular flexibility index (Phi) is 4.85. The number of hydrogen-bond acceptors (Lipinski definition) is 4. The first-order valence-electron chi connectivity index (χ1n) is 7.81. The number of aromatic nitrogens is 2. The van der Waals surface area contributed by atoms with E-state index in [-0.39, 0.29) is 11.9 Å². The monoisotopic (exact) mass is 347 g/mol. The van der Waals surface area contributed by atoms with Gasteiger partial charge in [0, 0.05) is 18.8 Å². The topological polar surface area (TPSA) is 63.9 Å². The molecule has 3 rings (SSSR count). The highest BCUT2D eigenvalue weighted by Crippen LogP contribution is 2.21. The quantitative estimate of drug-likeness (QED) is 0.632. The minimum Gasteiger partial charge on any atom is -0.467 e. The fraction of sp³-hybridized carbons (Fsp3) is 0.353. The van der Waals surface area contributed by atoms with Crippen LogP contribution in [0.15, 0.2) is 30.5 Å². The van der Waals surface area contributed by atoms with Gasteiger partial charge in [-0.15, -0.1) is 0 Å². The Bertz CT molecular complexity index is 799. The highest BCUT2D eigenvalue weighted by Gasteiger charge is 2.31. The number of pyridine rings is 1. The number of hydrogen-bond donors (Lipinski definition) is 0. The molecule has 24 heavy (non-hydrogen) atoms. The lowest BCUT2D eigenvalue weighted by Gasteiger charge is -2.32. The van der Waals surface area contributed by atoms with E-state index in [0.29, 0.717) is 29.5 Å². The van der Waals surface area contributed by atoms with Crippen molar-refractivity contribution in [2.45, 2.75) is 25.3 Å². The summed E-state index contributed by atoms with van der Waals surface area (Å²) in [5, 5.41) is 0.327. The largest absolute Gasteiger partial charge is 0.467 e. The Hall–Kier alpha value is -2.34. The number of rotatable bonds is 3. The predicted molar refractivity (Wildman–Crippen MR) is 90.6 cm³/mol. The Labute approximate surface area is 144 Å². The molecule has 1 aliphatic heterocycles. The fourth-order valence-corrected chi connectivity index (χ4v) is 3.20. The van der Waals surface area contributed by atoms with Gasteiger partial charge in [0.05, 0.1) is 12.8 Å². The molecule has 2 aromatic heterocycles. The van der Waals surface area contributed by atoms with Crippen molar-refractivity contribution in [3.8, 4) is 0 Å². The summed E-state index contributed by atoms with van der Waals surface area (Å²) in [4.78, 5) is 30.2. The van der Waals surface area contributed by atoms with E-state index in [9.17, 15) is 9.59 Å². The van der Waals surface area contributed by atoms with E-state index < -0.39 is 6.04 Å². The molecule has 1 unspecified atom stereocenters.